The highest BCUT2D eigenvalue weighted by molar-refractivity contribution is 7.99. The van der Waals surface area contributed by atoms with E-state index in [1.54, 1.807) is 23.9 Å². The third kappa shape index (κ3) is 6.17. The SMILES string of the molecule is C=CC=C.Cc1cccc(OCCCC(=O)N2CCSc3c(-c4cn[nH]c4)cccc32)c1C. The average Bonchev–Trinajstić information content (AvgIpc) is 3.38. The number of hydrogen-bond donors (Lipinski definition) is 1. The average molecular weight is 462 g/mol. The number of hydrogen-bond acceptors (Lipinski definition) is 4. The molecule has 172 valence electrons. The molecule has 0 fully saturated rings. The van der Waals surface area contributed by atoms with E-state index in [9.17, 15) is 4.79 Å². The number of allylic oxidation sites excluding steroid dienone is 2. The lowest BCUT2D eigenvalue weighted by Crippen LogP contribution is -2.35. The van der Waals surface area contributed by atoms with Gasteiger partial charge in [-0.25, -0.2) is 0 Å². The highest BCUT2D eigenvalue weighted by atomic mass is 32.2. The minimum Gasteiger partial charge on any atom is -0.493 e. The Hall–Kier alpha value is -3.25. The standard InChI is InChI=1S/C23H25N3O2S.C4H6/c1-16-6-3-9-21(17(16)2)28-12-5-10-22(27)26-11-13-29-23-19(7-4-8-20(23)26)18-14-24-25-15-18;1-3-4-2/h3-4,6-9,14-15H,5,10-13H2,1-2H3,(H,24,25);3-4H,1-2H2. The smallest absolute Gasteiger partial charge is 0.227 e. The number of anilines is 1. The molecule has 6 heteroatoms. The summed E-state index contributed by atoms with van der Waals surface area (Å²) in [5.74, 6) is 1.95. The second-order valence-electron chi connectivity index (χ2n) is 7.66. The van der Waals surface area contributed by atoms with E-state index in [1.165, 1.54) is 5.56 Å². The predicted octanol–water partition coefficient (Wildman–Crippen LogP) is 6.35. The zero-order valence-electron chi connectivity index (χ0n) is 19.3. The van der Waals surface area contributed by atoms with Gasteiger partial charge in [-0.05, 0) is 43.5 Å². The first-order valence-corrected chi connectivity index (χ1v) is 12.0. The van der Waals surface area contributed by atoms with E-state index in [1.807, 2.05) is 41.6 Å². The molecule has 0 saturated carbocycles. The van der Waals surface area contributed by atoms with Crippen molar-refractivity contribution in [2.45, 2.75) is 31.6 Å². The number of benzene rings is 2. The van der Waals surface area contributed by atoms with Crippen LogP contribution in [0.4, 0.5) is 5.69 Å². The second kappa shape index (κ2) is 12.1. The van der Waals surface area contributed by atoms with Gasteiger partial charge in [0.15, 0.2) is 0 Å². The fourth-order valence-electron chi connectivity index (χ4n) is 3.55. The highest BCUT2D eigenvalue weighted by Crippen LogP contribution is 2.41. The lowest BCUT2D eigenvalue weighted by molar-refractivity contribution is -0.118. The van der Waals surface area contributed by atoms with Gasteiger partial charge in [-0.15, -0.1) is 11.8 Å². The quantitative estimate of drug-likeness (QED) is 0.329. The van der Waals surface area contributed by atoms with Crippen molar-refractivity contribution in [2.24, 2.45) is 0 Å². The monoisotopic (exact) mass is 461 g/mol. The Kier molecular flexibility index (Phi) is 8.95. The topological polar surface area (TPSA) is 58.2 Å². The molecule has 0 unspecified atom stereocenters. The van der Waals surface area contributed by atoms with Crippen molar-refractivity contribution in [2.75, 3.05) is 23.8 Å². The number of nitrogens with zero attached hydrogens (tertiary/aromatic N) is 2. The molecule has 1 aromatic heterocycles. The maximum atomic E-state index is 12.9. The predicted molar refractivity (Wildman–Crippen MR) is 138 cm³/mol. The van der Waals surface area contributed by atoms with E-state index in [4.69, 9.17) is 4.74 Å². The van der Waals surface area contributed by atoms with Crippen LogP contribution in [0.3, 0.4) is 0 Å². The van der Waals surface area contributed by atoms with E-state index < -0.39 is 0 Å². The number of carbonyl (C=O) groups is 1. The van der Waals surface area contributed by atoms with Crippen LogP contribution in [0.15, 0.2) is 79.0 Å². The molecule has 4 rings (SSSR count). The Morgan fingerprint density at radius 1 is 1.21 bits per heavy atom. The first-order chi connectivity index (χ1) is 16.1. The van der Waals surface area contributed by atoms with Gasteiger partial charge in [0.25, 0.3) is 0 Å². The molecular formula is C27H31N3O2S. The van der Waals surface area contributed by atoms with Gasteiger partial charge in [-0.3, -0.25) is 9.89 Å². The molecule has 0 spiro atoms. The van der Waals surface area contributed by atoms with Gasteiger partial charge in [0.05, 0.1) is 18.5 Å². The number of amides is 1. The number of fused-ring (bicyclic) bond motifs is 1. The number of rotatable bonds is 7. The third-order valence-electron chi connectivity index (χ3n) is 5.47. The Morgan fingerprint density at radius 3 is 2.73 bits per heavy atom. The molecule has 1 aliphatic heterocycles. The van der Waals surface area contributed by atoms with Gasteiger partial charge in [0, 0.05) is 40.9 Å². The molecule has 33 heavy (non-hydrogen) atoms. The van der Waals surface area contributed by atoms with E-state index in [0.29, 0.717) is 19.4 Å². The minimum atomic E-state index is 0.153. The van der Waals surface area contributed by atoms with Crippen LogP contribution in [-0.2, 0) is 4.79 Å². The van der Waals surface area contributed by atoms with Crippen molar-refractivity contribution in [1.29, 1.82) is 0 Å². The third-order valence-corrected chi connectivity index (χ3v) is 6.58. The molecule has 2 heterocycles. The van der Waals surface area contributed by atoms with E-state index in [2.05, 4.69) is 49.3 Å². The molecule has 0 radical (unpaired) electrons. The summed E-state index contributed by atoms with van der Waals surface area (Å²) in [5, 5.41) is 6.93. The molecule has 0 saturated heterocycles. The summed E-state index contributed by atoms with van der Waals surface area (Å²) < 4.78 is 5.91. The van der Waals surface area contributed by atoms with Crippen molar-refractivity contribution in [3.8, 4) is 16.9 Å². The van der Waals surface area contributed by atoms with Crippen LogP contribution < -0.4 is 9.64 Å². The Morgan fingerprint density at radius 2 is 2.00 bits per heavy atom. The lowest BCUT2D eigenvalue weighted by atomic mass is 10.1. The van der Waals surface area contributed by atoms with Crippen LogP contribution >= 0.6 is 11.8 Å². The fraction of sp³-hybridized carbons (Fsp3) is 0.259. The van der Waals surface area contributed by atoms with Crippen molar-refractivity contribution < 1.29 is 9.53 Å². The number of thioether (sulfide) groups is 1. The largest absolute Gasteiger partial charge is 0.493 e. The van der Waals surface area contributed by atoms with E-state index in [-0.39, 0.29) is 5.91 Å². The van der Waals surface area contributed by atoms with Gasteiger partial charge in [0.2, 0.25) is 5.91 Å². The number of H-pyrrole nitrogens is 1. The minimum absolute atomic E-state index is 0.153. The van der Waals surface area contributed by atoms with Gasteiger partial charge in [0.1, 0.15) is 5.75 Å². The maximum Gasteiger partial charge on any atom is 0.227 e. The molecule has 0 atom stereocenters. The molecule has 1 N–H and O–H groups in total. The first kappa shape index (κ1) is 24.4. The summed E-state index contributed by atoms with van der Waals surface area (Å²) >= 11 is 1.80. The maximum absolute atomic E-state index is 12.9. The van der Waals surface area contributed by atoms with Crippen molar-refractivity contribution in [3.63, 3.8) is 0 Å². The van der Waals surface area contributed by atoms with Crippen LogP contribution in [0.5, 0.6) is 5.75 Å². The Bertz CT molecular complexity index is 1090. The molecule has 3 aromatic rings. The summed E-state index contributed by atoms with van der Waals surface area (Å²) in [6.07, 6.45) is 8.17. The van der Waals surface area contributed by atoms with Crippen LogP contribution in [-0.4, -0.2) is 35.0 Å². The summed E-state index contributed by atoms with van der Waals surface area (Å²) in [5.41, 5.74) is 5.55. The van der Waals surface area contributed by atoms with Gasteiger partial charge in [-0.1, -0.05) is 49.6 Å². The zero-order chi connectivity index (χ0) is 23.6. The summed E-state index contributed by atoms with van der Waals surface area (Å²) in [6.45, 7) is 12.1. The molecule has 2 aromatic carbocycles. The van der Waals surface area contributed by atoms with Gasteiger partial charge < -0.3 is 9.64 Å². The molecule has 5 nitrogen and oxygen atoms in total. The summed E-state index contributed by atoms with van der Waals surface area (Å²) in [7, 11) is 0. The molecule has 1 amide bonds. The molecule has 1 aliphatic rings. The molecule has 0 bridgehead atoms. The van der Waals surface area contributed by atoms with Gasteiger partial charge in [-0.2, -0.15) is 5.10 Å². The van der Waals surface area contributed by atoms with Crippen LogP contribution in [0.2, 0.25) is 0 Å². The molecule has 0 aliphatic carbocycles. The number of nitrogens with one attached hydrogen (secondary N) is 1. The van der Waals surface area contributed by atoms with E-state index >= 15 is 0 Å². The number of aromatic nitrogens is 2. The van der Waals surface area contributed by atoms with Crippen LogP contribution in [0.25, 0.3) is 11.1 Å². The number of aromatic amines is 1. The summed E-state index contributed by atoms with van der Waals surface area (Å²) in [6, 6.07) is 12.2. The Labute approximate surface area is 200 Å². The zero-order valence-corrected chi connectivity index (χ0v) is 20.2. The summed E-state index contributed by atoms with van der Waals surface area (Å²) in [4.78, 5) is 16.0. The Balaban J connectivity index is 0.000000709. The number of aryl methyl sites for hydroxylation is 1. The highest BCUT2D eigenvalue weighted by Gasteiger charge is 2.25. The fourth-order valence-corrected chi connectivity index (χ4v) is 4.70. The number of ether oxygens (including phenoxy) is 1. The van der Waals surface area contributed by atoms with Crippen molar-refractivity contribution in [3.05, 3.63) is 85.2 Å². The van der Waals surface area contributed by atoms with E-state index in [0.717, 1.165) is 45.3 Å². The normalized spacial score (nSPS) is 12.2. The van der Waals surface area contributed by atoms with Crippen molar-refractivity contribution >= 4 is 23.4 Å². The van der Waals surface area contributed by atoms with Crippen molar-refractivity contribution in [1.82, 2.24) is 10.2 Å². The van der Waals surface area contributed by atoms with Crippen LogP contribution in [0.1, 0.15) is 24.0 Å². The second-order valence-corrected chi connectivity index (χ2v) is 8.76. The lowest BCUT2D eigenvalue weighted by Gasteiger charge is -2.30. The molecular weight excluding hydrogens is 430 g/mol. The van der Waals surface area contributed by atoms with Gasteiger partial charge >= 0.3 is 0 Å². The first-order valence-electron chi connectivity index (χ1n) is 11.0. The number of carbonyl (C=O) groups excluding carboxylic acids is 1. The van der Waals surface area contributed by atoms with Crippen LogP contribution in [0, 0.1) is 13.8 Å².